The van der Waals surface area contributed by atoms with Crippen molar-refractivity contribution in [1.29, 1.82) is 0 Å². The van der Waals surface area contributed by atoms with Gasteiger partial charge in [-0.2, -0.15) is 0 Å². The zero-order valence-corrected chi connectivity index (χ0v) is 14.3. The van der Waals surface area contributed by atoms with Crippen molar-refractivity contribution in [3.05, 3.63) is 59.2 Å². The standard InChI is InChI=1S/C19H24N4O/c1-14-6-3-4-7-15(14)10-21-19(24)18-12-20-11-17(22-18)16-8-5-9-23(2)13-16/h3-4,6-7,11-12,16H,5,8-10,13H2,1-2H3,(H,21,24)/t16-/m0/s1. The molecule has 1 saturated heterocycles. The zero-order chi connectivity index (χ0) is 16.9. The molecule has 1 aromatic carbocycles. The van der Waals surface area contributed by atoms with Crippen molar-refractivity contribution < 1.29 is 4.79 Å². The van der Waals surface area contributed by atoms with Crippen LogP contribution in [0.5, 0.6) is 0 Å². The van der Waals surface area contributed by atoms with Crippen molar-refractivity contribution in [2.45, 2.75) is 32.2 Å². The molecule has 1 aliphatic heterocycles. The summed E-state index contributed by atoms with van der Waals surface area (Å²) in [5.41, 5.74) is 3.60. The second-order valence-electron chi connectivity index (χ2n) is 6.54. The molecule has 2 aromatic rings. The molecule has 0 unspecified atom stereocenters. The number of carbonyl (C=O) groups excluding carboxylic acids is 1. The fourth-order valence-electron chi connectivity index (χ4n) is 3.17. The topological polar surface area (TPSA) is 58.1 Å². The van der Waals surface area contributed by atoms with Gasteiger partial charge in [-0.15, -0.1) is 0 Å². The minimum atomic E-state index is -0.170. The molecule has 1 fully saturated rings. The molecule has 0 bridgehead atoms. The maximum absolute atomic E-state index is 12.4. The van der Waals surface area contributed by atoms with E-state index in [2.05, 4.69) is 27.2 Å². The van der Waals surface area contributed by atoms with Gasteiger partial charge in [0.2, 0.25) is 0 Å². The lowest BCUT2D eigenvalue weighted by Crippen LogP contribution is -2.32. The van der Waals surface area contributed by atoms with Crippen molar-refractivity contribution in [3.63, 3.8) is 0 Å². The van der Waals surface area contributed by atoms with E-state index in [1.807, 2.05) is 31.2 Å². The number of carbonyl (C=O) groups is 1. The summed E-state index contributed by atoms with van der Waals surface area (Å²) in [4.78, 5) is 23.5. The lowest BCUT2D eigenvalue weighted by molar-refractivity contribution is 0.0945. The molecule has 0 spiro atoms. The highest BCUT2D eigenvalue weighted by Gasteiger charge is 2.21. The summed E-state index contributed by atoms with van der Waals surface area (Å²) >= 11 is 0. The molecule has 2 heterocycles. The summed E-state index contributed by atoms with van der Waals surface area (Å²) in [6.07, 6.45) is 5.60. The quantitative estimate of drug-likeness (QED) is 0.939. The summed E-state index contributed by atoms with van der Waals surface area (Å²) in [5.74, 6) is 0.192. The van der Waals surface area contributed by atoms with E-state index in [1.54, 1.807) is 12.4 Å². The lowest BCUT2D eigenvalue weighted by atomic mass is 9.95. The summed E-state index contributed by atoms with van der Waals surface area (Å²) in [6, 6.07) is 8.04. The third-order valence-electron chi connectivity index (χ3n) is 4.63. The van der Waals surface area contributed by atoms with Crippen molar-refractivity contribution in [3.8, 4) is 0 Å². The molecular formula is C19H24N4O. The molecular weight excluding hydrogens is 300 g/mol. The van der Waals surface area contributed by atoms with Crippen LogP contribution in [0.25, 0.3) is 0 Å². The lowest BCUT2D eigenvalue weighted by Gasteiger charge is -2.29. The van der Waals surface area contributed by atoms with Crippen LogP contribution in [0.2, 0.25) is 0 Å². The number of rotatable bonds is 4. The number of benzene rings is 1. The zero-order valence-electron chi connectivity index (χ0n) is 14.3. The first kappa shape index (κ1) is 16.6. The molecule has 0 saturated carbocycles. The van der Waals surface area contributed by atoms with E-state index in [-0.39, 0.29) is 5.91 Å². The minimum absolute atomic E-state index is 0.170. The van der Waals surface area contributed by atoms with E-state index in [4.69, 9.17) is 0 Å². The summed E-state index contributed by atoms with van der Waals surface area (Å²) in [6.45, 7) is 4.65. The van der Waals surface area contributed by atoms with Crippen LogP contribution >= 0.6 is 0 Å². The fraction of sp³-hybridized carbons (Fsp3) is 0.421. The number of amides is 1. The van der Waals surface area contributed by atoms with Crippen LogP contribution in [0.15, 0.2) is 36.7 Å². The second kappa shape index (κ2) is 7.53. The van der Waals surface area contributed by atoms with Gasteiger partial charge in [0.25, 0.3) is 5.91 Å². The number of aromatic nitrogens is 2. The second-order valence-corrected chi connectivity index (χ2v) is 6.54. The molecule has 1 aliphatic rings. The van der Waals surface area contributed by atoms with Crippen LogP contribution in [0.1, 0.15) is 46.1 Å². The molecule has 126 valence electrons. The van der Waals surface area contributed by atoms with Gasteiger partial charge < -0.3 is 10.2 Å². The first-order chi connectivity index (χ1) is 11.6. The van der Waals surface area contributed by atoms with Gasteiger partial charge in [0.1, 0.15) is 5.69 Å². The number of likely N-dealkylation sites (N-methyl/N-ethyl adjacent to an activating group) is 1. The Hall–Kier alpha value is -2.27. The Morgan fingerprint density at radius 3 is 2.96 bits per heavy atom. The van der Waals surface area contributed by atoms with Crippen LogP contribution in [-0.2, 0) is 6.54 Å². The van der Waals surface area contributed by atoms with Crippen LogP contribution in [0.3, 0.4) is 0 Å². The summed E-state index contributed by atoms with van der Waals surface area (Å²) < 4.78 is 0. The van der Waals surface area contributed by atoms with Crippen molar-refractivity contribution in [2.24, 2.45) is 0 Å². The smallest absolute Gasteiger partial charge is 0.271 e. The predicted molar refractivity (Wildman–Crippen MR) is 93.9 cm³/mol. The molecule has 1 atom stereocenters. The molecule has 3 rings (SSSR count). The Morgan fingerprint density at radius 1 is 1.33 bits per heavy atom. The van der Waals surface area contributed by atoms with Gasteiger partial charge in [0.15, 0.2) is 0 Å². The molecule has 1 N–H and O–H groups in total. The van der Waals surface area contributed by atoms with Gasteiger partial charge in [-0.05, 0) is 44.5 Å². The molecule has 0 radical (unpaired) electrons. The number of aryl methyl sites for hydroxylation is 1. The van der Waals surface area contributed by atoms with Crippen LogP contribution in [0.4, 0.5) is 0 Å². The van der Waals surface area contributed by atoms with Gasteiger partial charge >= 0.3 is 0 Å². The van der Waals surface area contributed by atoms with Crippen molar-refractivity contribution in [1.82, 2.24) is 20.2 Å². The molecule has 24 heavy (non-hydrogen) atoms. The largest absolute Gasteiger partial charge is 0.347 e. The van der Waals surface area contributed by atoms with E-state index in [0.717, 1.165) is 37.2 Å². The van der Waals surface area contributed by atoms with Crippen LogP contribution in [0, 0.1) is 6.92 Å². The number of hydrogen-bond donors (Lipinski definition) is 1. The fourth-order valence-corrected chi connectivity index (χ4v) is 3.17. The first-order valence-electron chi connectivity index (χ1n) is 8.46. The third-order valence-corrected chi connectivity index (χ3v) is 4.63. The van der Waals surface area contributed by atoms with E-state index in [1.165, 1.54) is 5.56 Å². The van der Waals surface area contributed by atoms with Gasteiger partial charge in [-0.25, -0.2) is 4.98 Å². The number of nitrogens with zero attached hydrogens (tertiary/aromatic N) is 3. The average Bonchev–Trinajstić information content (AvgIpc) is 2.61. The summed E-state index contributed by atoms with van der Waals surface area (Å²) in [5, 5.41) is 2.94. The molecule has 0 aliphatic carbocycles. The Morgan fingerprint density at radius 2 is 2.17 bits per heavy atom. The van der Waals surface area contributed by atoms with Gasteiger partial charge in [0.05, 0.1) is 11.9 Å². The van der Waals surface area contributed by atoms with E-state index in [9.17, 15) is 4.79 Å². The SMILES string of the molecule is Cc1ccccc1CNC(=O)c1cncc([C@H]2CCCN(C)C2)n1. The highest BCUT2D eigenvalue weighted by atomic mass is 16.1. The highest BCUT2D eigenvalue weighted by Crippen LogP contribution is 2.24. The van der Waals surface area contributed by atoms with Gasteiger partial charge in [0, 0.05) is 25.2 Å². The summed E-state index contributed by atoms with van der Waals surface area (Å²) in [7, 11) is 2.12. The number of nitrogens with one attached hydrogen (secondary N) is 1. The predicted octanol–water partition coefficient (Wildman–Crippen LogP) is 2.52. The number of piperidine rings is 1. The van der Waals surface area contributed by atoms with E-state index >= 15 is 0 Å². The van der Waals surface area contributed by atoms with Gasteiger partial charge in [-0.3, -0.25) is 9.78 Å². The van der Waals surface area contributed by atoms with E-state index < -0.39 is 0 Å². The van der Waals surface area contributed by atoms with E-state index in [0.29, 0.717) is 18.2 Å². The molecule has 1 aromatic heterocycles. The van der Waals surface area contributed by atoms with Crippen molar-refractivity contribution >= 4 is 5.91 Å². The number of likely N-dealkylation sites (tertiary alicyclic amines) is 1. The Labute approximate surface area is 143 Å². The molecule has 1 amide bonds. The Kier molecular flexibility index (Phi) is 5.20. The minimum Gasteiger partial charge on any atom is -0.347 e. The monoisotopic (exact) mass is 324 g/mol. The van der Waals surface area contributed by atoms with Gasteiger partial charge in [-0.1, -0.05) is 24.3 Å². The van der Waals surface area contributed by atoms with Crippen LogP contribution in [-0.4, -0.2) is 40.9 Å². The maximum atomic E-state index is 12.4. The Bertz CT molecular complexity index is 716. The normalized spacial score (nSPS) is 18.3. The highest BCUT2D eigenvalue weighted by molar-refractivity contribution is 5.91. The Balaban J connectivity index is 1.67. The van der Waals surface area contributed by atoms with Crippen molar-refractivity contribution in [2.75, 3.05) is 20.1 Å². The average molecular weight is 324 g/mol. The first-order valence-corrected chi connectivity index (χ1v) is 8.46. The maximum Gasteiger partial charge on any atom is 0.271 e. The third kappa shape index (κ3) is 3.97. The number of hydrogen-bond acceptors (Lipinski definition) is 4. The molecule has 5 heteroatoms. The van der Waals surface area contributed by atoms with Crippen LogP contribution < -0.4 is 5.32 Å². The molecule has 5 nitrogen and oxygen atoms in total.